The molecule has 70 valence electrons. The Bertz CT molecular complexity index is 300. The van der Waals surface area contributed by atoms with E-state index in [0.717, 1.165) is 10.0 Å². The Morgan fingerprint density at radius 1 is 1.38 bits per heavy atom. The van der Waals surface area contributed by atoms with Crippen molar-refractivity contribution in [1.29, 1.82) is 0 Å². The lowest BCUT2D eigenvalue weighted by atomic mass is 10.2. The van der Waals surface area contributed by atoms with Crippen molar-refractivity contribution in [1.82, 2.24) is 3.93 Å². The largest absolute Gasteiger partial charge is 0.375 e. The summed E-state index contributed by atoms with van der Waals surface area (Å²) in [4.78, 5) is 0. The van der Waals surface area contributed by atoms with Crippen molar-refractivity contribution < 1.29 is 0 Å². The number of hydrogen-bond acceptors (Lipinski definition) is 1. The quantitative estimate of drug-likeness (QED) is 0.670. The minimum atomic E-state index is 0.336. The molecular formula is C8H8Br2N2S. The number of nitrogens with two attached hydrogens (primary N) is 1. The molecule has 0 spiro atoms. The Morgan fingerprint density at radius 3 is 2.38 bits per heavy atom. The summed E-state index contributed by atoms with van der Waals surface area (Å²) >= 11 is 11.4. The van der Waals surface area contributed by atoms with Crippen molar-refractivity contribution in [3.8, 4) is 0 Å². The number of benzene rings is 1. The lowest BCUT2D eigenvalue weighted by Crippen LogP contribution is -2.26. The van der Waals surface area contributed by atoms with Gasteiger partial charge < -0.3 is 5.73 Å². The molecule has 0 heterocycles. The summed E-state index contributed by atoms with van der Waals surface area (Å²) in [6.45, 7) is 0.669. The third kappa shape index (κ3) is 3.62. The number of nitrogens with zero attached hydrogens (tertiary/aromatic N) is 1. The van der Waals surface area contributed by atoms with Gasteiger partial charge in [-0.15, -0.1) is 0 Å². The van der Waals surface area contributed by atoms with E-state index in [9.17, 15) is 0 Å². The highest BCUT2D eigenvalue weighted by molar-refractivity contribution is 9.10. The molecule has 0 fully saturated rings. The molecular weight excluding hydrogens is 316 g/mol. The monoisotopic (exact) mass is 322 g/mol. The maximum Gasteiger partial charge on any atom is 0.176 e. The summed E-state index contributed by atoms with van der Waals surface area (Å²) in [6, 6.07) is 7.98. The fourth-order valence-corrected chi connectivity index (χ4v) is 1.45. The first kappa shape index (κ1) is 10.9. The predicted octanol–water partition coefficient (Wildman–Crippen LogP) is 2.80. The summed E-state index contributed by atoms with van der Waals surface area (Å²) < 4.78 is 2.71. The van der Waals surface area contributed by atoms with E-state index < -0.39 is 0 Å². The van der Waals surface area contributed by atoms with Gasteiger partial charge >= 0.3 is 0 Å². The van der Waals surface area contributed by atoms with E-state index in [4.69, 9.17) is 18.0 Å². The first-order chi connectivity index (χ1) is 6.09. The van der Waals surface area contributed by atoms with Gasteiger partial charge in [0.2, 0.25) is 0 Å². The highest BCUT2D eigenvalue weighted by atomic mass is 79.9. The van der Waals surface area contributed by atoms with Crippen LogP contribution in [0.3, 0.4) is 0 Å². The first-order valence-corrected chi connectivity index (χ1v) is 5.48. The van der Waals surface area contributed by atoms with E-state index in [1.54, 1.807) is 3.93 Å². The summed E-state index contributed by atoms with van der Waals surface area (Å²) in [5, 5.41) is 0.336. The molecule has 0 aliphatic carbocycles. The van der Waals surface area contributed by atoms with Crippen LogP contribution in [0.25, 0.3) is 0 Å². The first-order valence-electron chi connectivity index (χ1n) is 3.57. The summed E-state index contributed by atoms with van der Waals surface area (Å²) in [7, 11) is 0. The van der Waals surface area contributed by atoms with Gasteiger partial charge in [0.15, 0.2) is 5.11 Å². The van der Waals surface area contributed by atoms with Crippen LogP contribution >= 0.6 is 44.3 Å². The van der Waals surface area contributed by atoms with E-state index in [-0.39, 0.29) is 0 Å². The van der Waals surface area contributed by atoms with E-state index in [0.29, 0.717) is 11.7 Å². The van der Waals surface area contributed by atoms with Crippen molar-refractivity contribution in [3.05, 3.63) is 34.3 Å². The molecule has 0 bridgehead atoms. The number of thiocarbonyl (C=S) groups is 1. The molecule has 0 atom stereocenters. The number of hydrogen-bond donors (Lipinski definition) is 1. The maximum absolute atomic E-state index is 5.41. The molecule has 0 aromatic heterocycles. The predicted molar refractivity (Wildman–Crippen MR) is 65.4 cm³/mol. The molecule has 0 amide bonds. The SMILES string of the molecule is NC(=S)N(Br)Cc1ccc(Br)cc1. The molecule has 0 aliphatic heterocycles. The fraction of sp³-hybridized carbons (Fsp3) is 0.125. The van der Waals surface area contributed by atoms with Crippen LogP contribution in [0.1, 0.15) is 5.56 Å². The lowest BCUT2D eigenvalue weighted by molar-refractivity contribution is 0.697. The molecule has 1 rings (SSSR count). The zero-order valence-electron chi connectivity index (χ0n) is 6.71. The normalized spacial score (nSPS) is 9.69. The number of rotatable bonds is 2. The van der Waals surface area contributed by atoms with Crippen LogP contribution < -0.4 is 5.73 Å². The lowest BCUT2D eigenvalue weighted by Gasteiger charge is -2.13. The Kier molecular flexibility index (Phi) is 4.15. The van der Waals surface area contributed by atoms with Crippen LogP contribution in [0.4, 0.5) is 0 Å². The summed E-state index contributed by atoms with van der Waals surface area (Å²) in [6.07, 6.45) is 0. The molecule has 13 heavy (non-hydrogen) atoms. The van der Waals surface area contributed by atoms with Gasteiger partial charge in [-0.3, -0.25) is 3.93 Å². The van der Waals surface area contributed by atoms with Gasteiger partial charge in [-0.1, -0.05) is 28.1 Å². The van der Waals surface area contributed by atoms with E-state index in [1.807, 2.05) is 24.3 Å². The second-order valence-electron chi connectivity index (χ2n) is 2.48. The van der Waals surface area contributed by atoms with Crippen LogP contribution in [0.15, 0.2) is 28.7 Å². The van der Waals surface area contributed by atoms with Crippen molar-refractivity contribution in [2.24, 2.45) is 5.73 Å². The second-order valence-corrected chi connectivity index (χ2v) is 4.68. The van der Waals surface area contributed by atoms with Crippen molar-refractivity contribution in [2.75, 3.05) is 0 Å². The molecule has 0 saturated carbocycles. The van der Waals surface area contributed by atoms with Gasteiger partial charge in [0.1, 0.15) is 0 Å². The Morgan fingerprint density at radius 2 is 1.92 bits per heavy atom. The van der Waals surface area contributed by atoms with Crippen LogP contribution in [-0.4, -0.2) is 9.04 Å². The zero-order valence-corrected chi connectivity index (χ0v) is 10.7. The third-order valence-corrected chi connectivity index (χ3v) is 3.09. The Labute approximate surface area is 99.6 Å². The van der Waals surface area contributed by atoms with E-state index in [1.165, 1.54) is 0 Å². The standard InChI is InChI=1S/C8H8Br2N2S/c9-7-3-1-6(2-4-7)5-12(10)8(11)13/h1-4H,5H2,(H2,11,13). The molecule has 0 radical (unpaired) electrons. The molecule has 1 aromatic rings. The fourth-order valence-electron chi connectivity index (χ4n) is 0.828. The summed E-state index contributed by atoms with van der Waals surface area (Å²) in [5.74, 6) is 0. The Balaban J connectivity index is 2.64. The molecule has 0 aliphatic rings. The molecule has 2 nitrogen and oxygen atoms in total. The van der Waals surface area contributed by atoms with Gasteiger partial charge in [0.05, 0.1) is 22.7 Å². The molecule has 0 saturated heterocycles. The van der Waals surface area contributed by atoms with Crippen LogP contribution in [-0.2, 0) is 6.54 Å². The highest BCUT2D eigenvalue weighted by Gasteiger charge is 2.02. The van der Waals surface area contributed by atoms with E-state index in [2.05, 4.69) is 32.1 Å². The Hall–Kier alpha value is -0.130. The zero-order chi connectivity index (χ0) is 9.84. The average Bonchev–Trinajstić information content (AvgIpc) is 2.08. The van der Waals surface area contributed by atoms with Gasteiger partial charge in [-0.25, -0.2) is 0 Å². The minimum Gasteiger partial charge on any atom is -0.375 e. The van der Waals surface area contributed by atoms with Gasteiger partial charge in [0.25, 0.3) is 0 Å². The van der Waals surface area contributed by atoms with Crippen molar-refractivity contribution in [2.45, 2.75) is 6.54 Å². The third-order valence-electron chi connectivity index (χ3n) is 1.47. The van der Waals surface area contributed by atoms with Crippen LogP contribution in [0.5, 0.6) is 0 Å². The smallest absolute Gasteiger partial charge is 0.176 e. The van der Waals surface area contributed by atoms with Gasteiger partial charge in [-0.05, 0) is 29.9 Å². The van der Waals surface area contributed by atoms with Gasteiger partial charge in [0, 0.05) is 4.47 Å². The molecule has 2 N–H and O–H groups in total. The molecule has 0 unspecified atom stereocenters. The second kappa shape index (κ2) is 4.93. The van der Waals surface area contributed by atoms with Crippen LogP contribution in [0.2, 0.25) is 0 Å². The van der Waals surface area contributed by atoms with E-state index >= 15 is 0 Å². The van der Waals surface area contributed by atoms with Crippen molar-refractivity contribution in [3.63, 3.8) is 0 Å². The maximum atomic E-state index is 5.41. The average molecular weight is 324 g/mol. The highest BCUT2D eigenvalue weighted by Crippen LogP contribution is 2.13. The number of halogens is 2. The topological polar surface area (TPSA) is 29.3 Å². The van der Waals surface area contributed by atoms with Crippen molar-refractivity contribution >= 4 is 49.4 Å². The van der Waals surface area contributed by atoms with Crippen LogP contribution in [0, 0.1) is 0 Å². The minimum absolute atomic E-state index is 0.336. The molecule has 5 heteroatoms. The molecule has 1 aromatic carbocycles. The van der Waals surface area contributed by atoms with Gasteiger partial charge in [-0.2, -0.15) is 0 Å². The summed E-state index contributed by atoms with van der Waals surface area (Å²) in [5.41, 5.74) is 6.56.